The van der Waals surface area contributed by atoms with Crippen LogP contribution >= 0.6 is 0 Å². The summed E-state index contributed by atoms with van der Waals surface area (Å²) >= 11 is 0. The minimum atomic E-state index is -4.61. The summed E-state index contributed by atoms with van der Waals surface area (Å²) in [5, 5.41) is 21.0. The van der Waals surface area contributed by atoms with Crippen LogP contribution in [-0.2, 0) is 10.9 Å². The number of rotatable bonds is 5. The smallest absolute Gasteiger partial charge is 0.433 e. The van der Waals surface area contributed by atoms with Crippen LogP contribution in [0.5, 0.6) is 5.88 Å². The van der Waals surface area contributed by atoms with Crippen LogP contribution in [0.3, 0.4) is 0 Å². The number of hydrogen-bond acceptors (Lipinski definition) is 9. The van der Waals surface area contributed by atoms with E-state index >= 15 is 0 Å². The van der Waals surface area contributed by atoms with Crippen molar-refractivity contribution in [3.8, 4) is 5.88 Å². The van der Waals surface area contributed by atoms with Crippen molar-refractivity contribution in [1.82, 2.24) is 19.9 Å². The van der Waals surface area contributed by atoms with Gasteiger partial charge in [-0.3, -0.25) is 9.88 Å². The molecule has 0 aromatic carbocycles. The summed E-state index contributed by atoms with van der Waals surface area (Å²) in [6.45, 7) is 3.22. The van der Waals surface area contributed by atoms with Gasteiger partial charge in [0.2, 0.25) is 5.88 Å². The third-order valence-electron chi connectivity index (χ3n) is 5.56. The van der Waals surface area contributed by atoms with Gasteiger partial charge in [0.25, 0.3) is 0 Å². The molecule has 0 bridgehead atoms. The Bertz CT molecular complexity index is 883. The van der Waals surface area contributed by atoms with E-state index in [0.29, 0.717) is 19.6 Å². The first kappa shape index (κ1) is 22.6. The van der Waals surface area contributed by atoms with Gasteiger partial charge >= 0.3 is 6.18 Å². The predicted octanol–water partition coefficient (Wildman–Crippen LogP) is 0.581. The lowest BCUT2D eigenvalue weighted by molar-refractivity contribution is -0.185. The predicted molar refractivity (Wildman–Crippen MR) is 106 cm³/mol. The number of alkyl halides is 3. The molecule has 2 saturated heterocycles. The third-order valence-corrected chi connectivity index (χ3v) is 5.56. The van der Waals surface area contributed by atoms with Crippen LogP contribution in [0, 0.1) is 0 Å². The minimum absolute atomic E-state index is 0.0829. The molecule has 12 heteroatoms. The maximum Gasteiger partial charge on any atom is 0.433 e. The molecule has 174 valence electrons. The van der Waals surface area contributed by atoms with E-state index in [0.717, 1.165) is 25.0 Å². The molecular weight excluding hydrogens is 431 g/mol. The fraction of sp³-hybridized carbons (Fsp3) is 0.550. The lowest BCUT2D eigenvalue weighted by Gasteiger charge is -2.41. The summed E-state index contributed by atoms with van der Waals surface area (Å²) < 4.78 is 49.6. The van der Waals surface area contributed by atoms with Crippen molar-refractivity contribution >= 4 is 5.82 Å². The van der Waals surface area contributed by atoms with E-state index in [1.54, 1.807) is 18.6 Å². The Morgan fingerprint density at radius 3 is 2.56 bits per heavy atom. The fourth-order valence-corrected chi connectivity index (χ4v) is 3.78. The number of anilines is 1. The molecule has 2 aromatic heterocycles. The van der Waals surface area contributed by atoms with Crippen molar-refractivity contribution < 1.29 is 32.9 Å². The number of hydrogen-bond donors (Lipinski definition) is 2. The van der Waals surface area contributed by atoms with Crippen molar-refractivity contribution in [3.63, 3.8) is 0 Å². The van der Waals surface area contributed by atoms with E-state index in [4.69, 9.17) is 9.47 Å². The molecule has 2 fully saturated rings. The van der Waals surface area contributed by atoms with Crippen LogP contribution in [0.1, 0.15) is 5.69 Å². The van der Waals surface area contributed by atoms with Crippen LogP contribution in [-0.4, -0.2) is 93.8 Å². The van der Waals surface area contributed by atoms with Crippen molar-refractivity contribution in [3.05, 3.63) is 42.5 Å². The highest BCUT2D eigenvalue weighted by molar-refractivity contribution is 5.35. The maximum atomic E-state index is 12.8. The van der Waals surface area contributed by atoms with E-state index in [1.807, 2.05) is 0 Å². The van der Waals surface area contributed by atoms with Gasteiger partial charge in [-0.25, -0.2) is 9.97 Å². The van der Waals surface area contributed by atoms with E-state index in [2.05, 4.69) is 24.8 Å². The molecule has 0 radical (unpaired) electrons. The Balaban J connectivity index is 1.29. The third kappa shape index (κ3) is 5.26. The highest BCUT2D eigenvalue weighted by Crippen LogP contribution is 2.29. The van der Waals surface area contributed by atoms with Crippen LogP contribution in [0.2, 0.25) is 0 Å². The normalized spacial score (nSPS) is 27.3. The summed E-state index contributed by atoms with van der Waals surface area (Å²) in [5.74, 6) is 0.512. The van der Waals surface area contributed by atoms with Gasteiger partial charge in [0, 0.05) is 51.2 Å². The first-order valence-electron chi connectivity index (χ1n) is 10.2. The number of pyridine rings is 1. The van der Waals surface area contributed by atoms with Crippen molar-refractivity contribution in [1.29, 1.82) is 0 Å². The van der Waals surface area contributed by atoms with Crippen molar-refractivity contribution in [2.75, 3.05) is 44.2 Å². The highest BCUT2D eigenvalue weighted by Gasteiger charge is 2.41. The van der Waals surface area contributed by atoms with Gasteiger partial charge in [-0.15, -0.1) is 0 Å². The van der Waals surface area contributed by atoms with Gasteiger partial charge in [0.05, 0.1) is 18.9 Å². The molecule has 32 heavy (non-hydrogen) atoms. The first-order valence-corrected chi connectivity index (χ1v) is 10.2. The molecule has 0 spiro atoms. The van der Waals surface area contributed by atoms with Crippen molar-refractivity contribution in [2.24, 2.45) is 0 Å². The summed E-state index contributed by atoms with van der Waals surface area (Å²) in [5.41, 5.74) is -1.10. The average molecular weight is 455 g/mol. The Kier molecular flexibility index (Phi) is 6.74. The second-order valence-electron chi connectivity index (χ2n) is 7.72. The Hall–Kier alpha value is -2.54. The van der Waals surface area contributed by atoms with E-state index < -0.39 is 36.3 Å². The zero-order chi connectivity index (χ0) is 22.7. The molecule has 0 aliphatic carbocycles. The first-order chi connectivity index (χ1) is 15.3. The number of aliphatic hydroxyl groups excluding tert-OH is 2. The zero-order valence-corrected chi connectivity index (χ0v) is 17.1. The second-order valence-corrected chi connectivity index (χ2v) is 7.72. The average Bonchev–Trinajstić information content (AvgIpc) is 2.79. The number of aromatic nitrogens is 3. The molecule has 2 aliphatic rings. The lowest BCUT2D eigenvalue weighted by atomic mass is 9.99. The van der Waals surface area contributed by atoms with Crippen LogP contribution in [0.15, 0.2) is 36.8 Å². The molecule has 9 nitrogen and oxygen atoms in total. The molecule has 2 N–H and O–H groups in total. The fourth-order valence-electron chi connectivity index (χ4n) is 3.78. The summed E-state index contributed by atoms with van der Waals surface area (Å²) in [6, 6.07) is 3.26. The topological polar surface area (TPSA) is 104 Å². The Morgan fingerprint density at radius 2 is 1.88 bits per heavy atom. The molecule has 2 aromatic rings. The van der Waals surface area contributed by atoms with E-state index in [9.17, 15) is 23.4 Å². The monoisotopic (exact) mass is 455 g/mol. The Morgan fingerprint density at radius 1 is 1.09 bits per heavy atom. The van der Waals surface area contributed by atoms with Crippen molar-refractivity contribution in [2.45, 2.75) is 30.6 Å². The molecule has 0 saturated carbocycles. The van der Waals surface area contributed by atoms with E-state index in [-0.39, 0.29) is 12.5 Å². The lowest BCUT2D eigenvalue weighted by Crippen LogP contribution is -2.59. The number of nitrogens with zero attached hydrogens (tertiary/aromatic N) is 5. The SMILES string of the molecule is O[C@@H]1[C@H](O)[C@@H](Oc2cccc(C(F)(F)F)n2)CO[C@@H]1CN1CCN(c2cnccn2)CC1. The van der Waals surface area contributed by atoms with E-state index in [1.165, 1.54) is 12.1 Å². The standard InChI is InChI=1S/C20H24F3N5O4/c21-20(22,23)15-2-1-3-17(26-15)32-14-12-31-13(18(29)19(14)30)11-27-6-8-28(9-7-27)16-10-24-4-5-25-16/h1-5,10,13-14,18-19,29-30H,6-9,11-12H2/t13-,14+,18+,19-/m1/s1. The number of halogens is 3. The van der Waals surface area contributed by atoms with Crippen LogP contribution < -0.4 is 9.64 Å². The quantitative estimate of drug-likeness (QED) is 0.670. The van der Waals surface area contributed by atoms with Crippen LogP contribution in [0.25, 0.3) is 0 Å². The molecule has 4 rings (SSSR count). The summed E-state index contributed by atoms with van der Waals surface area (Å²) in [4.78, 5) is 16.0. The van der Waals surface area contributed by atoms with Gasteiger partial charge in [-0.1, -0.05) is 6.07 Å². The van der Waals surface area contributed by atoms with Gasteiger partial charge in [-0.05, 0) is 6.07 Å². The summed E-state index contributed by atoms with van der Waals surface area (Å²) in [6.07, 6.45) is -3.91. The van der Waals surface area contributed by atoms with Gasteiger partial charge in [-0.2, -0.15) is 13.2 Å². The minimum Gasteiger partial charge on any atom is -0.469 e. The largest absolute Gasteiger partial charge is 0.469 e. The second kappa shape index (κ2) is 9.53. The molecule has 0 amide bonds. The zero-order valence-electron chi connectivity index (χ0n) is 17.1. The van der Waals surface area contributed by atoms with Gasteiger partial charge < -0.3 is 24.6 Å². The number of piperazine rings is 1. The number of aliphatic hydroxyl groups is 2. The number of ether oxygens (including phenoxy) is 2. The Labute approximate surface area is 182 Å². The highest BCUT2D eigenvalue weighted by atomic mass is 19.4. The maximum absolute atomic E-state index is 12.8. The molecular formula is C20H24F3N5O4. The molecule has 2 aliphatic heterocycles. The van der Waals surface area contributed by atoms with Gasteiger partial charge in [0.15, 0.2) is 6.10 Å². The molecule has 4 heterocycles. The summed E-state index contributed by atoms with van der Waals surface area (Å²) in [7, 11) is 0. The molecule has 4 atom stereocenters. The van der Waals surface area contributed by atoms with Gasteiger partial charge in [0.1, 0.15) is 23.7 Å². The van der Waals surface area contributed by atoms with Crippen LogP contribution in [0.4, 0.5) is 19.0 Å². The molecule has 0 unspecified atom stereocenters.